The summed E-state index contributed by atoms with van der Waals surface area (Å²) < 4.78 is 27.1. The highest BCUT2D eigenvalue weighted by atomic mass is 32.2. The van der Waals surface area contributed by atoms with Crippen LogP contribution in [0.15, 0.2) is 52.7 Å². The zero-order valence-electron chi connectivity index (χ0n) is 17.5. The van der Waals surface area contributed by atoms with Gasteiger partial charge in [-0.3, -0.25) is 0 Å². The highest BCUT2D eigenvalue weighted by Crippen LogP contribution is 2.29. The lowest BCUT2D eigenvalue weighted by molar-refractivity contribution is 0.266. The molecule has 3 aromatic rings. The second kappa shape index (κ2) is 10.2. The molecule has 1 heterocycles. The number of aromatic nitrogens is 3. The average Bonchev–Trinajstić information content (AvgIpc) is 3.16. The Morgan fingerprint density at radius 1 is 1.13 bits per heavy atom. The van der Waals surface area contributed by atoms with Crippen molar-refractivity contribution in [3.63, 3.8) is 0 Å². The van der Waals surface area contributed by atoms with Crippen molar-refractivity contribution in [3.05, 3.63) is 65.2 Å². The Hall–Kier alpha value is -2.87. The van der Waals surface area contributed by atoms with Crippen LogP contribution in [0, 0.1) is 5.82 Å². The summed E-state index contributed by atoms with van der Waals surface area (Å²) in [5, 5.41) is 13.7. The second-order valence-electron chi connectivity index (χ2n) is 6.78. The molecule has 0 saturated carbocycles. The topological polar surface area (TPSA) is 61.5 Å². The summed E-state index contributed by atoms with van der Waals surface area (Å²) in [4.78, 5) is 0. The number of ether oxygens (including phenoxy) is 2. The Balaban J connectivity index is 1.82. The normalized spacial score (nSPS) is 11.4. The molecule has 0 bridgehead atoms. The van der Waals surface area contributed by atoms with Gasteiger partial charge in [-0.05, 0) is 43.0 Å². The fraction of sp³-hybridized carbons (Fsp3) is 0.318. The van der Waals surface area contributed by atoms with Crippen LogP contribution >= 0.6 is 11.8 Å². The molecule has 1 aromatic heterocycles. The van der Waals surface area contributed by atoms with Crippen molar-refractivity contribution in [2.75, 3.05) is 12.9 Å². The zero-order chi connectivity index (χ0) is 21.5. The van der Waals surface area contributed by atoms with Gasteiger partial charge in [-0.25, -0.2) is 4.39 Å². The van der Waals surface area contributed by atoms with E-state index in [2.05, 4.69) is 29.1 Å². The van der Waals surface area contributed by atoms with Crippen LogP contribution in [0.5, 0.6) is 11.5 Å². The summed E-state index contributed by atoms with van der Waals surface area (Å²) in [7, 11) is 0. The number of rotatable bonds is 9. The number of thioether (sulfide) groups is 1. The smallest absolute Gasteiger partial charge is 0.211 e. The molecule has 0 fully saturated rings. The van der Waals surface area contributed by atoms with E-state index in [-0.39, 0.29) is 18.3 Å². The lowest BCUT2D eigenvalue weighted by Gasteiger charge is -2.13. The first kappa shape index (κ1) is 21.8. The summed E-state index contributed by atoms with van der Waals surface area (Å²) in [6, 6.07) is 12.1. The molecule has 0 aliphatic rings. The molecule has 0 atom stereocenters. The predicted molar refractivity (Wildman–Crippen MR) is 117 cm³/mol. The maximum atomic E-state index is 13.8. The SMILES string of the molecule is CCOc1cc(/C=N\n2c(SC)nnc2C(C)C)ccc1OCc1ccccc1F. The summed E-state index contributed by atoms with van der Waals surface area (Å²) in [6.45, 7) is 6.61. The Bertz CT molecular complexity index is 1020. The van der Waals surface area contributed by atoms with E-state index < -0.39 is 0 Å². The molecule has 30 heavy (non-hydrogen) atoms. The van der Waals surface area contributed by atoms with Crippen molar-refractivity contribution in [3.8, 4) is 11.5 Å². The molecule has 0 saturated heterocycles. The Morgan fingerprint density at radius 3 is 2.63 bits per heavy atom. The summed E-state index contributed by atoms with van der Waals surface area (Å²) in [5.41, 5.74) is 1.33. The highest BCUT2D eigenvalue weighted by molar-refractivity contribution is 7.98. The van der Waals surface area contributed by atoms with Crippen molar-refractivity contribution in [1.29, 1.82) is 0 Å². The van der Waals surface area contributed by atoms with Gasteiger partial charge in [0.25, 0.3) is 0 Å². The van der Waals surface area contributed by atoms with E-state index in [0.29, 0.717) is 23.7 Å². The van der Waals surface area contributed by atoms with Crippen LogP contribution in [-0.2, 0) is 6.61 Å². The molecule has 2 aromatic carbocycles. The maximum absolute atomic E-state index is 13.8. The molecule has 0 amide bonds. The Kier molecular flexibility index (Phi) is 7.46. The highest BCUT2D eigenvalue weighted by Gasteiger charge is 2.14. The standard InChI is InChI=1S/C22H25FN4O2S/c1-5-28-20-12-16(13-24-27-21(15(2)3)25-26-22(27)30-4)10-11-19(20)29-14-17-8-6-7-9-18(17)23/h6-13,15H,5,14H2,1-4H3/b24-13-. The number of benzene rings is 2. The first-order valence-electron chi connectivity index (χ1n) is 9.70. The molecule has 0 unspecified atom stereocenters. The van der Waals surface area contributed by atoms with Crippen molar-refractivity contribution < 1.29 is 13.9 Å². The van der Waals surface area contributed by atoms with Crippen molar-refractivity contribution >= 4 is 18.0 Å². The van der Waals surface area contributed by atoms with Gasteiger partial charge in [0.05, 0.1) is 12.8 Å². The van der Waals surface area contributed by atoms with E-state index in [9.17, 15) is 4.39 Å². The van der Waals surface area contributed by atoms with Crippen LogP contribution in [-0.4, -0.2) is 34.0 Å². The fourth-order valence-corrected chi connectivity index (χ4v) is 3.20. The molecule has 0 N–H and O–H groups in total. The number of hydrogen-bond acceptors (Lipinski definition) is 6. The van der Waals surface area contributed by atoms with Gasteiger partial charge in [0.1, 0.15) is 12.4 Å². The van der Waals surface area contributed by atoms with Gasteiger partial charge >= 0.3 is 0 Å². The lowest BCUT2D eigenvalue weighted by atomic mass is 10.2. The third-order valence-electron chi connectivity index (χ3n) is 4.27. The van der Waals surface area contributed by atoms with Crippen LogP contribution in [0.1, 0.15) is 43.6 Å². The van der Waals surface area contributed by atoms with Crippen LogP contribution in [0.3, 0.4) is 0 Å². The molecule has 8 heteroatoms. The Morgan fingerprint density at radius 2 is 1.93 bits per heavy atom. The molecule has 3 rings (SSSR count). The number of halogens is 1. The van der Waals surface area contributed by atoms with E-state index in [1.807, 2.05) is 25.3 Å². The molecule has 0 radical (unpaired) electrons. The molecular formula is C22H25FN4O2S. The Labute approximate surface area is 180 Å². The minimum Gasteiger partial charge on any atom is -0.490 e. The van der Waals surface area contributed by atoms with Crippen molar-refractivity contribution in [2.45, 2.75) is 38.5 Å². The molecular weight excluding hydrogens is 403 g/mol. The number of nitrogens with zero attached hydrogens (tertiary/aromatic N) is 4. The van der Waals surface area contributed by atoms with E-state index in [1.54, 1.807) is 35.2 Å². The second-order valence-corrected chi connectivity index (χ2v) is 7.55. The van der Waals surface area contributed by atoms with Crippen LogP contribution in [0.4, 0.5) is 4.39 Å². The quantitative estimate of drug-likeness (QED) is 0.350. The predicted octanol–water partition coefficient (Wildman–Crippen LogP) is 5.12. The molecule has 0 spiro atoms. The molecule has 6 nitrogen and oxygen atoms in total. The molecule has 0 aliphatic carbocycles. The molecule has 158 valence electrons. The molecule has 0 aliphatic heterocycles. The van der Waals surface area contributed by atoms with Gasteiger partial charge < -0.3 is 9.47 Å². The van der Waals surface area contributed by atoms with E-state index in [1.165, 1.54) is 17.8 Å². The zero-order valence-corrected chi connectivity index (χ0v) is 18.3. The van der Waals surface area contributed by atoms with Gasteiger partial charge in [0.2, 0.25) is 5.16 Å². The van der Waals surface area contributed by atoms with Gasteiger partial charge in [0, 0.05) is 11.5 Å². The monoisotopic (exact) mass is 428 g/mol. The van der Waals surface area contributed by atoms with E-state index in [4.69, 9.17) is 9.47 Å². The largest absolute Gasteiger partial charge is 0.490 e. The minimum absolute atomic E-state index is 0.121. The van der Waals surface area contributed by atoms with Crippen molar-refractivity contribution in [1.82, 2.24) is 14.9 Å². The summed E-state index contributed by atoms with van der Waals surface area (Å²) in [5.74, 6) is 1.83. The summed E-state index contributed by atoms with van der Waals surface area (Å²) in [6.07, 6.45) is 3.67. The third kappa shape index (κ3) is 5.18. The first-order chi connectivity index (χ1) is 14.5. The van der Waals surface area contributed by atoms with E-state index in [0.717, 1.165) is 16.5 Å². The van der Waals surface area contributed by atoms with Crippen LogP contribution in [0.2, 0.25) is 0 Å². The van der Waals surface area contributed by atoms with E-state index >= 15 is 0 Å². The third-order valence-corrected chi connectivity index (χ3v) is 4.89. The average molecular weight is 429 g/mol. The van der Waals surface area contributed by atoms with Gasteiger partial charge in [-0.1, -0.05) is 43.8 Å². The van der Waals surface area contributed by atoms with Crippen LogP contribution < -0.4 is 9.47 Å². The number of hydrogen-bond donors (Lipinski definition) is 0. The van der Waals surface area contributed by atoms with Gasteiger partial charge in [-0.2, -0.15) is 9.78 Å². The fourth-order valence-electron chi connectivity index (χ4n) is 2.76. The summed E-state index contributed by atoms with van der Waals surface area (Å²) >= 11 is 1.49. The van der Waals surface area contributed by atoms with Crippen LogP contribution in [0.25, 0.3) is 0 Å². The van der Waals surface area contributed by atoms with Crippen molar-refractivity contribution in [2.24, 2.45) is 5.10 Å². The maximum Gasteiger partial charge on any atom is 0.211 e. The first-order valence-corrected chi connectivity index (χ1v) is 10.9. The minimum atomic E-state index is -0.293. The van der Waals surface area contributed by atoms with Gasteiger partial charge in [-0.15, -0.1) is 10.2 Å². The lowest BCUT2D eigenvalue weighted by Crippen LogP contribution is -2.03. The van der Waals surface area contributed by atoms with Gasteiger partial charge in [0.15, 0.2) is 17.3 Å².